The van der Waals surface area contributed by atoms with Gasteiger partial charge in [-0.05, 0) is 99.3 Å². The highest BCUT2D eigenvalue weighted by atomic mass is 16.4. The van der Waals surface area contributed by atoms with Gasteiger partial charge in [0.15, 0.2) is 5.58 Å². The van der Waals surface area contributed by atoms with Crippen molar-refractivity contribution in [3.05, 3.63) is 206 Å². The summed E-state index contributed by atoms with van der Waals surface area (Å²) >= 11 is 0. The molecule has 0 N–H and O–H groups in total. The molecule has 0 spiro atoms. The number of benzene rings is 9. The fourth-order valence-electron chi connectivity index (χ4n) is 8.10. The van der Waals surface area contributed by atoms with Gasteiger partial charge in [-0.1, -0.05) is 140 Å². The number of para-hydroxylation sites is 1. The number of anilines is 3. The maximum absolute atomic E-state index is 6.65. The average molecular weight is 731 g/mol. The molecule has 0 radical (unpaired) electrons. The topological polar surface area (TPSA) is 42.4 Å². The lowest BCUT2D eigenvalue weighted by atomic mass is 9.97. The Labute approximate surface area is 329 Å². The Balaban J connectivity index is 1.05. The first kappa shape index (κ1) is 32.7. The summed E-state index contributed by atoms with van der Waals surface area (Å²) in [6.45, 7) is 0. The molecule has 268 valence electrons. The van der Waals surface area contributed by atoms with Crippen LogP contribution in [0.2, 0.25) is 0 Å². The van der Waals surface area contributed by atoms with E-state index in [2.05, 4.69) is 163 Å². The van der Waals surface area contributed by atoms with Crippen molar-refractivity contribution >= 4 is 60.9 Å². The second kappa shape index (κ2) is 13.6. The molecule has 0 bridgehead atoms. The van der Waals surface area contributed by atoms with E-state index in [9.17, 15) is 0 Å². The Bertz CT molecular complexity index is 3220. The van der Waals surface area contributed by atoms with Gasteiger partial charge in [-0.3, -0.25) is 0 Å². The molecule has 11 aromatic rings. The normalized spacial score (nSPS) is 11.5. The number of nitrogens with zero attached hydrogens (tertiary/aromatic N) is 2. The van der Waals surface area contributed by atoms with Crippen molar-refractivity contribution in [3.63, 3.8) is 0 Å². The number of fused-ring (bicyclic) bond motifs is 5. The van der Waals surface area contributed by atoms with Crippen LogP contribution in [0.1, 0.15) is 0 Å². The lowest BCUT2D eigenvalue weighted by Crippen LogP contribution is -2.10. The summed E-state index contributed by atoms with van der Waals surface area (Å²) in [7, 11) is 0. The van der Waals surface area contributed by atoms with Crippen LogP contribution < -0.4 is 4.90 Å². The molecule has 2 aromatic heterocycles. The quantitative estimate of drug-likeness (QED) is 0.164. The molecule has 0 fully saturated rings. The second-order valence-electron chi connectivity index (χ2n) is 14.4. The van der Waals surface area contributed by atoms with E-state index in [1.807, 2.05) is 48.5 Å². The van der Waals surface area contributed by atoms with Gasteiger partial charge < -0.3 is 13.7 Å². The van der Waals surface area contributed by atoms with Crippen LogP contribution in [0.4, 0.5) is 17.1 Å². The molecule has 0 amide bonds. The minimum absolute atomic E-state index is 0.581. The molecular formula is C53H34N2O2. The molecule has 0 aliphatic rings. The van der Waals surface area contributed by atoms with Gasteiger partial charge >= 0.3 is 0 Å². The zero-order chi connectivity index (χ0) is 37.7. The predicted molar refractivity (Wildman–Crippen MR) is 235 cm³/mol. The SMILES string of the molecule is c1ccc(-c2cccc(N(c3ccc(-c4ccc5ccccc5c4)cc3)c3ccc(-c4c5oc(-c6ccccc6)nc5cc5oc6ccccc6c45)cc3)c2)cc1. The predicted octanol–water partition coefficient (Wildman–Crippen LogP) is 15.0. The first-order valence-electron chi connectivity index (χ1n) is 19.2. The van der Waals surface area contributed by atoms with E-state index >= 15 is 0 Å². The number of rotatable bonds is 7. The molecule has 0 aliphatic carbocycles. The van der Waals surface area contributed by atoms with Crippen molar-refractivity contribution in [2.24, 2.45) is 0 Å². The fourth-order valence-corrected chi connectivity index (χ4v) is 8.10. The number of hydrogen-bond donors (Lipinski definition) is 0. The Kier molecular flexibility index (Phi) is 7.78. The third kappa shape index (κ3) is 5.83. The van der Waals surface area contributed by atoms with E-state index in [1.165, 1.54) is 27.5 Å². The van der Waals surface area contributed by atoms with Crippen LogP contribution in [-0.2, 0) is 0 Å². The molecule has 57 heavy (non-hydrogen) atoms. The molecular weight excluding hydrogens is 697 g/mol. The lowest BCUT2D eigenvalue weighted by Gasteiger charge is -2.26. The van der Waals surface area contributed by atoms with Crippen LogP contribution >= 0.6 is 0 Å². The van der Waals surface area contributed by atoms with Gasteiger partial charge in [-0.15, -0.1) is 0 Å². The van der Waals surface area contributed by atoms with Crippen molar-refractivity contribution in [1.29, 1.82) is 0 Å². The Hall–Kier alpha value is -7.69. The summed E-state index contributed by atoms with van der Waals surface area (Å²) < 4.78 is 13.1. The number of oxazole rings is 1. The van der Waals surface area contributed by atoms with Crippen LogP contribution in [0.25, 0.3) is 88.6 Å². The summed E-state index contributed by atoms with van der Waals surface area (Å²) in [4.78, 5) is 7.28. The third-order valence-electron chi connectivity index (χ3n) is 10.9. The van der Waals surface area contributed by atoms with E-state index in [4.69, 9.17) is 13.8 Å². The highest BCUT2D eigenvalue weighted by Crippen LogP contribution is 2.44. The van der Waals surface area contributed by atoms with Gasteiger partial charge in [0.25, 0.3) is 0 Å². The maximum Gasteiger partial charge on any atom is 0.227 e. The third-order valence-corrected chi connectivity index (χ3v) is 10.9. The van der Waals surface area contributed by atoms with Crippen molar-refractivity contribution in [3.8, 4) is 44.8 Å². The summed E-state index contributed by atoms with van der Waals surface area (Å²) in [5.41, 5.74) is 13.9. The van der Waals surface area contributed by atoms with Crippen molar-refractivity contribution < 1.29 is 8.83 Å². The van der Waals surface area contributed by atoms with Gasteiger partial charge in [0.05, 0.1) is 0 Å². The van der Waals surface area contributed by atoms with E-state index in [0.29, 0.717) is 5.89 Å². The van der Waals surface area contributed by atoms with Gasteiger partial charge in [-0.25, -0.2) is 4.98 Å². The highest BCUT2D eigenvalue weighted by molar-refractivity contribution is 6.19. The first-order chi connectivity index (χ1) is 28.2. The minimum Gasteiger partial charge on any atom is -0.456 e. The number of aromatic nitrogens is 1. The van der Waals surface area contributed by atoms with Crippen molar-refractivity contribution in [1.82, 2.24) is 4.98 Å². The maximum atomic E-state index is 6.65. The second-order valence-corrected chi connectivity index (χ2v) is 14.4. The van der Waals surface area contributed by atoms with Gasteiger partial charge in [0.1, 0.15) is 16.7 Å². The first-order valence-corrected chi connectivity index (χ1v) is 19.2. The van der Waals surface area contributed by atoms with Gasteiger partial charge in [0, 0.05) is 45.0 Å². The average Bonchev–Trinajstić information content (AvgIpc) is 3.88. The van der Waals surface area contributed by atoms with Gasteiger partial charge in [-0.2, -0.15) is 0 Å². The van der Waals surface area contributed by atoms with Gasteiger partial charge in [0.2, 0.25) is 5.89 Å². The molecule has 0 unspecified atom stereocenters. The van der Waals surface area contributed by atoms with Crippen LogP contribution in [0, 0.1) is 0 Å². The molecule has 0 atom stereocenters. The van der Waals surface area contributed by atoms with Crippen LogP contribution in [-0.4, -0.2) is 4.98 Å². The number of furan rings is 1. The van der Waals surface area contributed by atoms with E-state index in [1.54, 1.807) is 0 Å². The molecule has 0 saturated carbocycles. The Morgan fingerprint density at radius 3 is 1.74 bits per heavy atom. The van der Waals surface area contributed by atoms with E-state index in [-0.39, 0.29) is 0 Å². The molecule has 0 saturated heterocycles. The molecule has 0 aliphatic heterocycles. The van der Waals surface area contributed by atoms with Crippen molar-refractivity contribution in [2.45, 2.75) is 0 Å². The zero-order valence-corrected chi connectivity index (χ0v) is 30.8. The monoisotopic (exact) mass is 730 g/mol. The molecule has 4 nitrogen and oxygen atoms in total. The summed E-state index contributed by atoms with van der Waals surface area (Å²) in [6.07, 6.45) is 0. The summed E-state index contributed by atoms with van der Waals surface area (Å²) in [5, 5.41) is 4.52. The standard InChI is InChI=1S/C53H34N2O2/c1-3-12-35(13-4-1)41-18-11-19-45(33-41)55(43-28-24-37(25-29-43)42-23-22-36-14-7-8-17-40(36)32-42)44-30-26-38(27-31-44)50-51-46-20-9-10-21-48(46)56-49(51)34-47-52(50)57-53(54-47)39-15-5-2-6-16-39/h1-34H. The Morgan fingerprint density at radius 1 is 0.368 bits per heavy atom. The largest absolute Gasteiger partial charge is 0.456 e. The summed E-state index contributed by atoms with van der Waals surface area (Å²) in [6, 6.07) is 72.3. The van der Waals surface area contributed by atoms with E-state index in [0.717, 1.165) is 72.4 Å². The Morgan fingerprint density at radius 2 is 0.965 bits per heavy atom. The van der Waals surface area contributed by atoms with Crippen LogP contribution in [0.15, 0.2) is 215 Å². The minimum atomic E-state index is 0.581. The van der Waals surface area contributed by atoms with Crippen LogP contribution in [0.3, 0.4) is 0 Å². The molecule has 9 aromatic carbocycles. The zero-order valence-electron chi connectivity index (χ0n) is 30.8. The van der Waals surface area contributed by atoms with E-state index < -0.39 is 0 Å². The van der Waals surface area contributed by atoms with Crippen molar-refractivity contribution in [2.75, 3.05) is 4.90 Å². The lowest BCUT2D eigenvalue weighted by molar-refractivity contribution is 0.621. The molecule has 4 heteroatoms. The highest BCUT2D eigenvalue weighted by Gasteiger charge is 2.22. The molecule has 11 rings (SSSR count). The summed E-state index contributed by atoms with van der Waals surface area (Å²) in [5.74, 6) is 0.581. The van der Waals surface area contributed by atoms with Crippen LogP contribution in [0.5, 0.6) is 0 Å². The molecule has 2 heterocycles. The fraction of sp³-hybridized carbons (Fsp3) is 0. The smallest absolute Gasteiger partial charge is 0.227 e. The number of hydrogen-bond acceptors (Lipinski definition) is 4.